The summed E-state index contributed by atoms with van der Waals surface area (Å²) in [6.07, 6.45) is -5.45. The molecule has 0 aliphatic rings. The van der Waals surface area contributed by atoms with Gasteiger partial charge in [-0.05, 0) is 17.7 Å². The van der Waals surface area contributed by atoms with Gasteiger partial charge in [0.1, 0.15) is 0 Å². The summed E-state index contributed by atoms with van der Waals surface area (Å²) in [5, 5.41) is 8.59. The molecule has 3 nitrogen and oxygen atoms in total. The minimum atomic E-state index is -4.33. The van der Waals surface area contributed by atoms with Crippen molar-refractivity contribution in [2.75, 3.05) is 0 Å². The van der Waals surface area contributed by atoms with Gasteiger partial charge in [0.25, 0.3) is 0 Å². The third-order valence-electron chi connectivity index (χ3n) is 2.04. The molecule has 7 heteroatoms. The minimum Gasteiger partial charge on any atom is -0.478 e. The average molecular weight is 270 g/mol. The molecule has 0 saturated carbocycles. The van der Waals surface area contributed by atoms with Crippen LogP contribution in [-0.4, -0.2) is 17.3 Å². The number of alkyl halides is 3. The van der Waals surface area contributed by atoms with Crippen LogP contribution in [0.1, 0.15) is 28.4 Å². The molecule has 0 saturated heterocycles. The van der Waals surface area contributed by atoms with E-state index in [1.165, 1.54) is 24.3 Å². The summed E-state index contributed by atoms with van der Waals surface area (Å²) in [7, 11) is 0. The van der Waals surface area contributed by atoms with Crippen LogP contribution in [0, 0.1) is 0 Å². The molecule has 0 fully saturated rings. The van der Waals surface area contributed by atoms with Gasteiger partial charge in [-0.25, -0.2) is 4.79 Å². The molecule has 1 aromatic rings. The lowest BCUT2D eigenvalue weighted by atomic mass is 10.0. The van der Waals surface area contributed by atoms with Crippen molar-refractivity contribution < 1.29 is 23.1 Å². The number of hydrogen-bond acceptors (Lipinski definition) is 2. The van der Waals surface area contributed by atoms with Crippen LogP contribution in [0.15, 0.2) is 24.3 Å². The van der Waals surface area contributed by atoms with Gasteiger partial charge in [-0.2, -0.15) is 13.2 Å². The molecule has 1 atom stereocenters. The SMILES string of the molecule is Cl.N[C@H](CC(F)(F)F)c1ccc(C(=O)O)cc1. The van der Waals surface area contributed by atoms with Gasteiger partial charge in [0.15, 0.2) is 0 Å². The monoisotopic (exact) mass is 269 g/mol. The predicted octanol–water partition coefficient (Wildman–Crippen LogP) is 2.76. The summed E-state index contributed by atoms with van der Waals surface area (Å²) in [6, 6.07) is 3.88. The fourth-order valence-electron chi connectivity index (χ4n) is 1.24. The molecular weight excluding hydrogens is 259 g/mol. The zero-order valence-electron chi connectivity index (χ0n) is 8.57. The first-order chi connectivity index (χ1) is 7.29. The third-order valence-corrected chi connectivity index (χ3v) is 2.04. The minimum absolute atomic E-state index is 0. The summed E-state index contributed by atoms with van der Waals surface area (Å²) in [6.45, 7) is 0. The topological polar surface area (TPSA) is 63.3 Å². The Morgan fingerprint density at radius 3 is 2.12 bits per heavy atom. The van der Waals surface area contributed by atoms with Gasteiger partial charge < -0.3 is 10.8 Å². The van der Waals surface area contributed by atoms with Crippen molar-refractivity contribution in [1.29, 1.82) is 0 Å². The highest BCUT2D eigenvalue weighted by atomic mass is 35.5. The number of aromatic carboxylic acids is 1. The Balaban J connectivity index is 0.00000256. The molecule has 1 aromatic carbocycles. The summed E-state index contributed by atoms with van der Waals surface area (Å²) >= 11 is 0. The first-order valence-corrected chi connectivity index (χ1v) is 4.45. The molecule has 0 unspecified atom stereocenters. The lowest BCUT2D eigenvalue weighted by Gasteiger charge is -2.14. The van der Waals surface area contributed by atoms with Crippen molar-refractivity contribution >= 4 is 18.4 Å². The molecule has 0 radical (unpaired) electrons. The van der Waals surface area contributed by atoms with Crippen LogP contribution in [0.5, 0.6) is 0 Å². The average Bonchev–Trinajstić information content (AvgIpc) is 2.15. The van der Waals surface area contributed by atoms with Gasteiger partial charge in [0.05, 0.1) is 12.0 Å². The van der Waals surface area contributed by atoms with E-state index < -0.39 is 24.6 Å². The van der Waals surface area contributed by atoms with Crippen molar-refractivity contribution in [2.24, 2.45) is 5.73 Å². The van der Waals surface area contributed by atoms with E-state index in [-0.39, 0.29) is 23.5 Å². The van der Waals surface area contributed by atoms with Crippen LogP contribution < -0.4 is 5.73 Å². The molecule has 1 rings (SSSR count). The van der Waals surface area contributed by atoms with Crippen molar-refractivity contribution in [3.63, 3.8) is 0 Å². The summed E-state index contributed by atoms with van der Waals surface area (Å²) in [5.41, 5.74) is 5.62. The van der Waals surface area contributed by atoms with Gasteiger partial charge in [0.2, 0.25) is 0 Å². The second-order valence-electron chi connectivity index (χ2n) is 3.35. The number of carboxylic acid groups (broad SMARTS) is 1. The number of nitrogens with two attached hydrogens (primary N) is 1. The van der Waals surface area contributed by atoms with Gasteiger partial charge in [-0.1, -0.05) is 12.1 Å². The predicted molar refractivity (Wildman–Crippen MR) is 58.2 cm³/mol. The van der Waals surface area contributed by atoms with Crippen molar-refractivity contribution in [3.8, 4) is 0 Å². The normalized spacial score (nSPS) is 12.7. The number of hydrogen-bond donors (Lipinski definition) is 2. The van der Waals surface area contributed by atoms with E-state index in [1.807, 2.05) is 0 Å². The first-order valence-electron chi connectivity index (χ1n) is 4.45. The van der Waals surface area contributed by atoms with E-state index in [0.29, 0.717) is 0 Å². The third kappa shape index (κ3) is 5.06. The Hall–Kier alpha value is -1.27. The van der Waals surface area contributed by atoms with E-state index in [1.54, 1.807) is 0 Å². The summed E-state index contributed by atoms with van der Waals surface area (Å²) in [5.74, 6) is -1.13. The molecule has 0 amide bonds. The molecule has 0 heterocycles. The van der Waals surface area contributed by atoms with E-state index >= 15 is 0 Å². The maximum absolute atomic E-state index is 12.0. The summed E-state index contributed by atoms with van der Waals surface area (Å²) < 4.78 is 36.1. The zero-order valence-corrected chi connectivity index (χ0v) is 9.39. The van der Waals surface area contributed by atoms with E-state index in [0.717, 1.165) is 0 Å². The second-order valence-corrected chi connectivity index (χ2v) is 3.35. The first kappa shape index (κ1) is 15.7. The zero-order chi connectivity index (χ0) is 12.3. The van der Waals surface area contributed by atoms with E-state index in [2.05, 4.69) is 0 Å². The number of carbonyl (C=O) groups is 1. The Kier molecular flexibility index (Phi) is 5.44. The molecular formula is C10H11ClF3NO2. The van der Waals surface area contributed by atoms with Gasteiger partial charge in [-0.15, -0.1) is 12.4 Å². The maximum atomic E-state index is 12.0. The van der Waals surface area contributed by atoms with Gasteiger partial charge in [-0.3, -0.25) is 0 Å². The highest BCUT2D eigenvalue weighted by Gasteiger charge is 2.30. The largest absolute Gasteiger partial charge is 0.478 e. The van der Waals surface area contributed by atoms with Crippen molar-refractivity contribution in [1.82, 2.24) is 0 Å². The quantitative estimate of drug-likeness (QED) is 0.887. The van der Waals surface area contributed by atoms with Crippen LogP contribution in [0.4, 0.5) is 13.2 Å². The Morgan fingerprint density at radius 1 is 1.29 bits per heavy atom. The standard InChI is InChI=1S/C10H10F3NO2.ClH/c11-10(12,13)5-8(14)6-1-3-7(4-2-6)9(15)16;/h1-4,8H,5,14H2,(H,15,16);1H/t8-;/m1./s1. The molecule has 0 bridgehead atoms. The van der Waals surface area contributed by atoms with Crippen LogP contribution in [0.25, 0.3) is 0 Å². The molecule has 96 valence electrons. The maximum Gasteiger partial charge on any atom is 0.390 e. The smallest absolute Gasteiger partial charge is 0.390 e. The molecule has 3 N–H and O–H groups in total. The van der Waals surface area contributed by atoms with Crippen LogP contribution in [-0.2, 0) is 0 Å². The lowest BCUT2D eigenvalue weighted by Crippen LogP contribution is -2.20. The fraction of sp³-hybridized carbons (Fsp3) is 0.300. The van der Waals surface area contributed by atoms with Gasteiger partial charge >= 0.3 is 12.1 Å². The van der Waals surface area contributed by atoms with Crippen LogP contribution in [0.2, 0.25) is 0 Å². The Morgan fingerprint density at radius 2 is 1.76 bits per heavy atom. The van der Waals surface area contributed by atoms with Crippen LogP contribution >= 0.6 is 12.4 Å². The fourth-order valence-corrected chi connectivity index (χ4v) is 1.24. The highest BCUT2D eigenvalue weighted by Crippen LogP contribution is 2.27. The Labute approximate surface area is 102 Å². The Bertz CT molecular complexity index is 378. The van der Waals surface area contributed by atoms with E-state index in [9.17, 15) is 18.0 Å². The summed E-state index contributed by atoms with van der Waals surface area (Å²) in [4.78, 5) is 10.5. The van der Waals surface area contributed by atoms with Crippen molar-refractivity contribution in [3.05, 3.63) is 35.4 Å². The van der Waals surface area contributed by atoms with E-state index in [4.69, 9.17) is 10.8 Å². The number of benzene rings is 1. The molecule has 0 aromatic heterocycles. The molecule has 0 aliphatic carbocycles. The number of carboxylic acids is 1. The molecule has 0 spiro atoms. The van der Waals surface area contributed by atoms with Crippen LogP contribution in [0.3, 0.4) is 0 Å². The number of halogens is 4. The molecule has 17 heavy (non-hydrogen) atoms. The second kappa shape index (κ2) is 5.88. The van der Waals surface area contributed by atoms with Crippen molar-refractivity contribution in [2.45, 2.75) is 18.6 Å². The lowest BCUT2D eigenvalue weighted by molar-refractivity contribution is -0.138. The highest BCUT2D eigenvalue weighted by molar-refractivity contribution is 5.87. The number of rotatable bonds is 3. The molecule has 0 aliphatic heterocycles. The van der Waals surface area contributed by atoms with Gasteiger partial charge in [0, 0.05) is 6.04 Å².